The van der Waals surface area contributed by atoms with Crippen LogP contribution >= 0.6 is 0 Å². The Morgan fingerprint density at radius 3 is 2.55 bits per heavy atom. The largest absolute Gasteiger partial charge is 0.493 e. The van der Waals surface area contributed by atoms with Gasteiger partial charge in [-0.1, -0.05) is 26.0 Å². The van der Waals surface area contributed by atoms with Crippen molar-refractivity contribution in [1.82, 2.24) is 9.99 Å². The predicted octanol–water partition coefficient (Wildman–Crippen LogP) is 3.45. The van der Waals surface area contributed by atoms with Crippen molar-refractivity contribution in [3.63, 3.8) is 0 Å². The number of aliphatic hydroxyl groups excluding tert-OH is 1. The van der Waals surface area contributed by atoms with Crippen molar-refractivity contribution in [3.05, 3.63) is 65.9 Å². The smallest absolute Gasteiger partial charge is 0.281 e. The third-order valence-electron chi connectivity index (χ3n) is 3.02. The van der Waals surface area contributed by atoms with Gasteiger partial charge < -0.3 is 5.11 Å². The van der Waals surface area contributed by atoms with Gasteiger partial charge in [-0.05, 0) is 36.6 Å². The number of carbonyl (C=O) groups is 1. The van der Waals surface area contributed by atoms with Gasteiger partial charge in [-0.25, -0.2) is 0 Å². The van der Waals surface area contributed by atoms with E-state index < -0.39 is 5.91 Å². The van der Waals surface area contributed by atoms with Gasteiger partial charge >= 0.3 is 0 Å². The lowest BCUT2D eigenvalue weighted by atomic mass is 10.2. The Kier molecular flexibility index (Phi) is 5.25. The quantitative estimate of drug-likeness (QED) is 0.514. The summed E-state index contributed by atoms with van der Waals surface area (Å²) in [5.41, 5.74) is 0.957. The first-order valence-corrected chi connectivity index (χ1v) is 7.14. The first kappa shape index (κ1) is 15.7. The molecule has 0 bridgehead atoms. The molecular formula is C17H19N3O2. The number of pyridine rings is 1. The maximum Gasteiger partial charge on any atom is 0.281 e. The van der Waals surface area contributed by atoms with Crippen LogP contribution in [0.2, 0.25) is 0 Å². The predicted molar refractivity (Wildman–Crippen MR) is 86.3 cm³/mol. The van der Waals surface area contributed by atoms with Crippen LogP contribution in [0, 0.1) is 5.92 Å². The van der Waals surface area contributed by atoms with Crippen LogP contribution in [0.3, 0.4) is 0 Å². The van der Waals surface area contributed by atoms with E-state index in [1.165, 1.54) is 12.4 Å². The fourth-order valence-electron chi connectivity index (χ4n) is 1.81. The molecule has 0 radical (unpaired) electrons. The highest BCUT2D eigenvalue weighted by Crippen LogP contribution is 2.18. The molecule has 1 aromatic heterocycles. The molecule has 1 amide bonds. The molecule has 0 unspecified atom stereocenters. The zero-order chi connectivity index (χ0) is 15.9. The number of rotatable bonds is 5. The van der Waals surface area contributed by atoms with Crippen LogP contribution in [-0.4, -0.2) is 27.2 Å². The molecule has 0 atom stereocenters. The summed E-state index contributed by atoms with van der Waals surface area (Å²) in [6.07, 6.45) is 12.4. The van der Waals surface area contributed by atoms with E-state index in [2.05, 4.69) is 23.9 Å². The maximum atomic E-state index is 12.6. The molecule has 5 nitrogen and oxygen atoms in total. The highest BCUT2D eigenvalue weighted by molar-refractivity contribution is 5.95. The molecule has 1 aliphatic rings. The van der Waals surface area contributed by atoms with Gasteiger partial charge in [0.1, 0.15) is 0 Å². The lowest BCUT2D eigenvalue weighted by Crippen LogP contribution is -2.26. The molecule has 2 rings (SSSR count). The number of amides is 1. The SMILES string of the molecule is CC(C)CC=NN(C(=O)c1ccncc1)C(O)=C1C=CC=C1. The van der Waals surface area contributed by atoms with Gasteiger partial charge in [0.25, 0.3) is 5.91 Å². The maximum absolute atomic E-state index is 12.6. The van der Waals surface area contributed by atoms with Gasteiger partial charge in [0, 0.05) is 29.7 Å². The van der Waals surface area contributed by atoms with E-state index in [0.717, 1.165) is 5.01 Å². The van der Waals surface area contributed by atoms with Crippen molar-refractivity contribution >= 4 is 12.1 Å². The Bertz CT molecular complexity index is 629. The van der Waals surface area contributed by atoms with Crippen LogP contribution < -0.4 is 0 Å². The Labute approximate surface area is 130 Å². The highest BCUT2D eigenvalue weighted by atomic mass is 16.3. The Hall–Kier alpha value is -2.69. The van der Waals surface area contributed by atoms with E-state index in [9.17, 15) is 9.90 Å². The Balaban J connectivity index is 2.31. The summed E-state index contributed by atoms with van der Waals surface area (Å²) in [6.45, 7) is 4.11. The van der Waals surface area contributed by atoms with E-state index in [0.29, 0.717) is 23.5 Å². The van der Waals surface area contributed by atoms with Gasteiger partial charge in [0.2, 0.25) is 5.88 Å². The monoisotopic (exact) mass is 297 g/mol. The lowest BCUT2D eigenvalue weighted by Gasteiger charge is -2.17. The van der Waals surface area contributed by atoms with Crippen molar-refractivity contribution in [2.24, 2.45) is 11.0 Å². The molecule has 22 heavy (non-hydrogen) atoms. The van der Waals surface area contributed by atoms with Gasteiger partial charge in [-0.15, -0.1) is 0 Å². The molecule has 5 heteroatoms. The molecule has 0 fully saturated rings. The number of aliphatic hydroxyl groups is 1. The van der Waals surface area contributed by atoms with Gasteiger partial charge in [-0.3, -0.25) is 9.78 Å². The Morgan fingerprint density at radius 1 is 1.32 bits per heavy atom. The number of carbonyl (C=O) groups excluding carboxylic acids is 1. The minimum absolute atomic E-state index is 0.188. The fraction of sp³-hybridized carbons (Fsp3) is 0.235. The summed E-state index contributed by atoms with van der Waals surface area (Å²) in [7, 11) is 0. The molecule has 1 heterocycles. The van der Waals surface area contributed by atoms with Crippen LogP contribution in [0.25, 0.3) is 0 Å². The lowest BCUT2D eigenvalue weighted by molar-refractivity contribution is 0.0731. The van der Waals surface area contributed by atoms with Gasteiger partial charge in [0.15, 0.2) is 0 Å². The van der Waals surface area contributed by atoms with E-state index in [1.807, 2.05) is 0 Å². The number of hydrogen-bond donors (Lipinski definition) is 1. The molecule has 0 saturated heterocycles. The second-order valence-electron chi connectivity index (χ2n) is 5.28. The van der Waals surface area contributed by atoms with Crippen LogP contribution in [-0.2, 0) is 0 Å². The third-order valence-corrected chi connectivity index (χ3v) is 3.02. The second kappa shape index (κ2) is 7.36. The minimum Gasteiger partial charge on any atom is -0.493 e. The molecule has 0 aliphatic heterocycles. The van der Waals surface area contributed by atoms with Crippen molar-refractivity contribution in [2.75, 3.05) is 0 Å². The van der Waals surface area contributed by atoms with Crippen molar-refractivity contribution in [2.45, 2.75) is 20.3 Å². The summed E-state index contributed by atoms with van der Waals surface area (Å²) in [4.78, 5) is 16.4. The minimum atomic E-state index is -0.402. The van der Waals surface area contributed by atoms with E-state index in [1.54, 1.807) is 42.7 Å². The van der Waals surface area contributed by atoms with Crippen LogP contribution in [0.15, 0.2) is 65.4 Å². The zero-order valence-corrected chi connectivity index (χ0v) is 12.7. The van der Waals surface area contributed by atoms with Gasteiger partial charge in [-0.2, -0.15) is 10.1 Å². The summed E-state index contributed by atoms with van der Waals surface area (Å²) >= 11 is 0. The standard InChI is InChI=1S/C17H19N3O2/c1-13(2)7-12-19-20(16(21)14-5-3-4-6-14)17(22)15-8-10-18-11-9-15/h3-6,8-13,21H,7H2,1-2H3. The number of hydrazone groups is 1. The first-order valence-electron chi connectivity index (χ1n) is 7.14. The average molecular weight is 297 g/mol. The first-order chi connectivity index (χ1) is 10.6. The molecule has 1 N–H and O–H groups in total. The summed E-state index contributed by atoms with van der Waals surface area (Å²) < 4.78 is 0. The molecule has 0 saturated carbocycles. The number of aromatic nitrogens is 1. The van der Waals surface area contributed by atoms with Crippen molar-refractivity contribution in [1.29, 1.82) is 0 Å². The van der Waals surface area contributed by atoms with Crippen LogP contribution in [0.4, 0.5) is 0 Å². The molecule has 0 aromatic carbocycles. The van der Waals surface area contributed by atoms with Crippen molar-refractivity contribution in [3.8, 4) is 0 Å². The van der Waals surface area contributed by atoms with Crippen LogP contribution in [0.1, 0.15) is 30.6 Å². The molecular weight excluding hydrogens is 278 g/mol. The topological polar surface area (TPSA) is 65.8 Å². The molecule has 0 spiro atoms. The van der Waals surface area contributed by atoms with Gasteiger partial charge in [0.05, 0.1) is 0 Å². The fourth-order valence-corrected chi connectivity index (χ4v) is 1.81. The summed E-state index contributed by atoms with van der Waals surface area (Å²) in [6, 6.07) is 3.18. The molecule has 1 aliphatic carbocycles. The number of nitrogens with zero attached hydrogens (tertiary/aromatic N) is 3. The normalized spacial score (nSPS) is 13.3. The van der Waals surface area contributed by atoms with Crippen molar-refractivity contribution < 1.29 is 9.90 Å². The summed E-state index contributed by atoms with van der Waals surface area (Å²) in [5, 5.41) is 15.5. The van der Waals surface area contributed by atoms with E-state index in [4.69, 9.17) is 0 Å². The highest BCUT2D eigenvalue weighted by Gasteiger charge is 2.21. The zero-order valence-electron chi connectivity index (χ0n) is 12.7. The second-order valence-corrected chi connectivity index (χ2v) is 5.28. The number of allylic oxidation sites excluding steroid dienone is 5. The summed E-state index contributed by atoms with van der Waals surface area (Å²) in [5.74, 6) is -0.171. The molecule has 114 valence electrons. The van der Waals surface area contributed by atoms with E-state index >= 15 is 0 Å². The number of hydrogen-bond acceptors (Lipinski definition) is 4. The van der Waals surface area contributed by atoms with Crippen LogP contribution in [0.5, 0.6) is 0 Å². The molecule has 1 aromatic rings. The third kappa shape index (κ3) is 3.91. The average Bonchev–Trinajstić information content (AvgIpc) is 3.05. The Morgan fingerprint density at radius 2 is 1.95 bits per heavy atom. The van der Waals surface area contributed by atoms with E-state index in [-0.39, 0.29) is 5.88 Å².